The van der Waals surface area contributed by atoms with E-state index in [1.54, 1.807) is 12.1 Å². The standard InChI is InChI=1S/C13H18N2O2/c1-13(2,11-6-7-11)14-9-10-4-3-5-12(8-10)15(16)17/h3-5,8,11,14H,6-7,9H2,1-2H3. The zero-order chi connectivity index (χ0) is 12.5. The Bertz CT molecular complexity index is 425. The van der Waals surface area contributed by atoms with E-state index in [0.717, 1.165) is 11.5 Å². The van der Waals surface area contributed by atoms with Crippen molar-refractivity contribution >= 4 is 5.69 Å². The zero-order valence-corrected chi connectivity index (χ0v) is 10.3. The number of benzene rings is 1. The van der Waals surface area contributed by atoms with E-state index >= 15 is 0 Å². The van der Waals surface area contributed by atoms with Gasteiger partial charge in [-0.15, -0.1) is 0 Å². The molecule has 1 aromatic carbocycles. The van der Waals surface area contributed by atoms with Crippen LogP contribution in [-0.4, -0.2) is 10.5 Å². The zero-order valence-electron chi connectivity index (χ0n) is 10.3. The molecule has 0 heterocycles. The molecular weight excluding hydrogens is 216 g/mol. The summed E-state index contributed by atoms with van der Waals surface area (Å²) in [5.74, 6) is 0.751. The third-order valence-electron chi connectivity index (χ3n) is 3.47. The molecular formula is C13H18N2O2. The Balaban J connectivity index is 1.98. The van der Waals surface area contributed by atoms with Gasteiger partial charge in [0.15, 0.2) is 0 Å². The molecule has 0 spiro atoms. The van der Waals surface area contributed by atoms with Gasteiger partial charge in [0, 0.05) is 24.2 Å². The van der Waals surface area contributed by atoms with Crippen molar-refractivity contribution in [3.63, 3.8) is 0 Å². The van der Waals surface area contributed by atoms with E-state index in [4.69, 9.17) is 0 Å². The monoisotopic (exact) mass is 234 g/mol. The summed E-state index contributed by atoms with van der Waals surface area (Å²) < 4.78 is 0. The molecule has 0 bridgehead atoms. The average Bonchev–Trinajstić information content (AvgIpc) is 3.11. The third-order valence-corrected chi connectivity index (χ3v) is 3.47. The molecule has 92 valence electrons. The van der Waals surface area contributed by atoms with E-state index in [2.05, 4.69) is 19.2 Å². The second-order valence-corrected chi connectivity index (χ2v) is 5.28. The second-order valence-electron chi connectivity index (χ2n) is 5.28. The quantitative estimate of drug-likeness (QED) is 0.629. The van der Waals surface area contributed by atoms with E-state index in [-0.39, 0.29) is 16.1 Å². The van der Waals surface area contributed by atoms with Gasteiger partial charge in [-0.2, -0.15) is 0 Å². The lowest BCUT2D eigenvalue weighted by atomic mass is 9.98. The van der Waals surface area contributed by atoms with Crippen LogP contribution in [0.25, 0.3) is 0 Å². The van der Waals surface area contributed by atoms with Gasteiger partial charge in [0.25, 0.3) is 5.69 Å². The molecule has 1 fully saturated rings. The van der Waals surface area contributed by atoms with Crippen molar-refractivity contribution in [1.29, 1.82) is 0 Å². The Labute approximate surface area is 101 Å². The average molecular weight is 234 g/mol. The van der Waals surface area contributed by atoms with Crippen LogP contribution < -0.4 is 5.32 Å². The summed E-state index contributed by atoms with van der Waals surface area (Å²) in [5, 5.41) is 14.1. The summed E-state index contributed by atoms with van der Waals surface area (Å²) in [6.07, 6.45) is 2.57. The lowest BCUT2D eigenvalue weighted by Crippen LogP contribution is -2.40. The van der Waals surface area contributed by atoms with Crippen molar-refractivity contribution in [2.75, 3.05) is 0 Å². The van der Waals surface area contributed by atoms with Crippen LogP contribution in [0.4, 0.5) is 5.69 Å². The van der Waals surface area contributed by atoms with Crippen LogP contribution in [0.1, 0.15) is 32.3 Å². The number of nitrogens with zero attached hydrogens (tertiary/aromatic N) is 1. The van der Waals surface area contributed by atoms with Gasteiger partial charge < -0.3 is 5.32 Å². The second kappa shape index (κ2) is 4.45. The van der Waals surface area contributed by atoms with Crippen molar-refractivity contribution in [2.24, 2.45) is 5.92 Å². The number of nitro groups is 1. The normalized spacial score (nSPS) is 15.9. The van der Waals surface area contributed by atoms with Gasteiger partial charge in [-0.25, -0.2) is 0 Å². The highest BCUT2D eigenvalue weighted by Gasteiger charge is 2.37. The maximum Gasteiger partial charge on any atom is 0.269 e. The Morgan fingerprint density at radius 2 is 2.18 bits per heavy atom. The molecule has 1 aromatic rings. The minimum absolute atomic E-state index is 0.130. The Hall–Kier alpha value is -1.42. The molecule has 1 aliphatic rings. The highest BCUT2D eigenvalue weighted by Crippen LogP contribution is 2.39. The number of non-ortho nitro benzene ring substituents is 1. The molecule has 1 N–H and O–H groups in total. The third kappa shape index (κ3) is 3.03. The smallest absolute Gasteiger partial charge is 0.269 e. The molecule has 0 unspecified atom stereocenters. The Kier molecular flexibility index (Phi) is 3.15. The van der Waals surface area contributed by atoms with E-state index in [1.807, 2.05) is 6.07 Å². The lowest BCUT2D eigenvalue weighted by Gasteiger charge is -2.26. The molecule has 0 amide bonds. The highest BCUT2D eigenvalue weighted by molar-refractivity contribution is 5.34. The molecule has 0 saturated heterocycles. The van der Waals surface area contributed by atoms with Gasteiger partial charge in [-0.1, -0.05) is 12.1 Å². The molecule has 0 aromatic heterocycles. The van der Waals surface area contributed by atoms with E-state index in [1.165, 1.54) is 18.9 Å². The van der Waals surface area contributed by atoms with Gasteiger partial charge in [0.1, 0.15) is 0 Å². The van der Waals surface area contributed by atoms with E-state index in [9.17, 15) is 10.1 Å². The molecule has 4 heteroatoms. The minimum atomic E-state index is -0.352. The van der Waals surface area contributed by atoms with Gasteiger partial charge >= 0.3 is 0 Å². The summed E-state index contributed by atoms with van der Waals surface area (Å²) in [5.41, 5.74) is 1.26. The SMILES string of the molecule is CC(C)(NCc1cccc([N+](=O)[O-])c1)C1CC1. The van der Waals surface area contributed by atoms with Crippen molar-refractivity contribution in [3.8, 4) is 0 Å². The first-order chi connectivity index (χ1) is 7.99. The first-order valence-corrected chi connectivity index (χ1v) is 5.97. The fourth-order valence-corrected chi connectivity index (χ4v) is 2.06. The molecule has 0 radical (unpaired) electrons. The van der Waals surface area contributed by atoms with Crippen molar-refractivity contribution < 1.29 is 4.92 Å². The van der Waals surface area contributed by atoms with Crippen LogP contribution in [0.3, 0.4) is 0 Å². The molecule has 2 rings (SSSR count). The van der Waals surface area contributed by atoms with Crippen LogP contribution in [0.5, 0.6) is 0 Å². The first kappa shape index (κ1) is 12.0. The van der Waals surface area contributed by atoms with Crippen LogP contribution >= 0.6 is 0 Å². The van der Waals surface area contributed by atoms with Crippen molar-refractivity contribution in [2.45, 2.75) is 38.8 Å². The fourth-order valence-electron chi connectivity index (χ4n) is 2.06. The largest absolute Gasteiger partial charge is 0.307 e. The van der Waals surface area contributed by atoms with Crippen LogP contribution in [0, 0.1) is 16.0 Å². The minimum Gasteiger partial charge on any atom is -0.307 e. The molecule has 1 saturated carbocycles. The molecule has 0 atom stereocenters. The number of nitrogens with one attached hydrogen (secondary N) is 1. The Morgan fingerprint density at radius 3 is 2.76 bits per heavy atom. The maximum atomic E-state index is 10.7. The van der Waals surface area contributed by atoms with Gasteiger partial charge in [0.05, 0.1) is 4.92 Å². The number of nitro benzene ring substituents is 1. The lowest BCUT2D eigenvalue weighted by molar-refractivity contribution is -0.384. The van der Waals surface area contributed by atoms with E-state index < -0.39 is 0 Å². The topological polar surface area (TPSA) is 55.2 Å². The fraction of sp³-hybridized carbons (Fsp3) is 0.538. The summed E-state index contributed by atoms with van der Waals surface area (Å²) in [4.78, 5) is 10.3. The van der Waals surface area contributed by atoms with Crippen LogP contribution in [0.2, 0.25) is 0 Å². The predicted octanol–water partition coefficient (Wildman–Crippen LogP) is 2.87. The summed E-state index contributed by atoms with van der Waals surface area (Å²) in [7, 11) is 0. The Morgan fingerprint density at radius 1 is 1.47 bits per heavy atom. The molecule has 1 aliphatic carbocycles. The first-order valence-electron chi connectivity index (χ1n) is 5.97. The summed E-state index contributed by atoms with van der Waals surface area (Å²) in [6.45, 7) is 5.08. The highest BCUT2D eigenvalue weighted by atomic mass is 16.6. The maximum absolute atomic E-state index is 10.7. The van der Waals surface area contributed by atoms with Gasteiger partial charge in [-0.05, 0) is 38.2 Å². The van der Waals surface area contributed by atoms with Gasteiger partial charge in [0.2, 0.25) is 0 Å². The predicted molar refractivity (Wildman–Crippen MR) is 66.7 cm³/mol. The van der Waals surface area contributed by atoms with Crippen molar-refractivity contribution in [3.05, 3.63) is 39.9 Å². The van der Waals surface area contributed by atoms with Gasteiger partial charge in [-0.3, -0.25) is 10.1 Å². The summed E-state index contributed by atoms with van der Waals surface area (Å²) in [6, 6.07) is 6.81. The number of hydrogen-bond acceptors (Lipinski definition) is 3. The molecule has 17 heavy (non-hydrogen) atoms. The number of rotatable bonds is 5. The molecule has 0 aliphatic heterocycles. The summed E-state index contributed by atoms with van der Waals surface area (Å²) >= 11 is 0. The number of hydrogen-bond donors (Lipinski definition) is 1. The van der Waals surface area contributed by atoms with Crippen LogP contribution in [0.15, 0.2) is 24.3 Å². The molecule has 4 nitrogen and oxygen atoms in total. The van der Waals surface area contributed by atoms with Crippen LogP contribution in [-0.2, 0) is 6.54 Å². The van der Waals surface area contributed by atoms with E-state index in [0.29, 0.717) is 6.54 Å². The van der Waals surface area contributed by atoms with Crippen molar-refractivity contribution in [1.82, 2.24) is 5.32 Å².